The number of aliphatic hydroxyl groups excluding tert-OH is 1. The first kappa shape index (κ1) is 23.3. The van der Waals surface area contributed by atoms with Crippen molar-refractivity contribution in [1.82, 2.24) is 20.0 Å². The van der Waals surface area contributed by atoms with E-state index in [4.69, 9.17) is 4.74 Å². The van der Waals surface area contributed by atoms with Gasteiger partial charge in [0.05, 0.1) is 37.4 Å². The fourth-order valence-electron chi connectivity index (χ4n) is 3.62. The lowest BCUT2D eigenvalue weighted by molar-refractivity contribution is -0.133. The van der Waals surface area contributed by atoms with Gasteiger partial charge in [-0.1, -0.05) is 20.8 Å². The van der Waals surface area contributed by atoms with E-state index in [0.29, 0.717) is 13.2 Å². The molecule has 2 N–H and O–H groups in total. The predicted molar refractivity (Wildman–Crippen MR) is 110 cm³/mol. The van der Waals surface area contributed by atoms with Gasteiger partial charge in [0.2, 0.25) is 11.8 Å². The molecular formula is C21H36N4O4. The Morgan fingerprint density at radius 3 is 2.55 bits per heavy atom. The molecule has 8 heteroatoms. The maximum absolute atomic E-state index is 13.0. The smallest absolute Gasteiger partial charge is 0.226 e. The van der Waals surface area contributed by atoms with Crippen LogP contribution in [0.15, 0.2) is 12.4 Å². The first-order valence-corrected chi connectivity index (χ1v) is 10.2. The van der Waals surface area contributed by atoms with Crippen LogP contribution in [-0.2, 0) is 20.9 Å². The molecule has 1 saturated heterocycles. The summed E-state index contributed by atoms with van der Waals surface area (Å²) in [6, 6.07) is -0.398. The van der Waals surface area contributed by atoms with E-state index in [1.54, 1.807) is 22.9 Å². The molecule has 0 bridgehead atoms. The number of ether oxygens (including phenoxy) is 1. The molecule has 3 atom stereocenters. The van der Waals surface area contributed by atoms with E-state index in [0.717, 1.165) is 5.56 Å². The summed E-state index contributed by atoms with van der Waals surface area (Å²) < 4.78 is 6.87. The number of hydrogen-bond donors (Lipinski definition) is 2. The second-order valence-electron chi connectivity index (χ2n) is 9.85. The van der Waals surface area contributed by atoms with Gasteiger partial charge in [0, 0.05) is 37.4 Å². The monoisotopic (exact) mass is 408 g/mol. The van der Waals surface area contributed by atoms with Crippen LogP contribution in [0.1, 0.15) is 59.6 Å². The minimum absolute atomic E-state index is 0.0522. The standard InChI is InChI=1S/C21H36N4O4/c1-20(2,3)16(26)12-22-19(28)15-10-17(27)25(21(4,5)6)18(15)14-11-23-24(13-14)8-9-29-7/h11,13,15-16,18,26H,8-10,12H2,1-7H3,(H,22,28). The zero-order chi connectivity index (χ0) is 22.0. The Morgan fingerprint density at radius 2 is 2.00 bits per heavy atom. The summed E-state index contributed by atoms with van der Waals surface area (Å²) in [5.74, 6) is -0.805. The Morgan fingerprint density at radius 1 is 1.34 bits per heavy atom. The Hall–Kier alpha value is -1.93. The molecular weight excluding hydrogens is 372 g/mol. The highest BCUT2D eigenvalue weighted by Gasteiger charge is 2.49. The van der Waals surface area contributed by atoms with Crippen molar-refractivity contribution in [3.8, 4) is 0 Å². The Bertz CT molecular complexity index is 717. The Balaban J connectivity index is 2.26. The molecule has 2 rings (SSSR count). The largest absolute Gasteiger partial charge is 0.391 e. The summed E-state index contributed by atoms with van der Waals surface area (Å²) in [6.45, 7) is 12.9. The van der Waals surface area contributed by atoms with E-state index in [1.165, 1.54) is 0 Å². The zero-order valence-corrected chi connectivity index (χ0v) is 18.7. The van der Waals surface area contributed by atoms with Crippen molar-refractivity contribution >= 4 is 11.8 Å². The third kappa shape index (κ3) is 5.57. The van der Waals surface area contributed by atoms with Gasteiger partial charge in [-0.3, -0.25) is 14.3 Å². The summed E-state index contributed by atoms with van der Waals surface area (Å²) in [4.78, 5) is 27.6. The van der Waals surface area contributed by atoms with E-state index in [-0.39, 0.29) is 30.2 Å². The van der Waals surface area contributed by atoms with Crippen LogP contribution in [0.25, 0.3) is 0 Å². The maximum Gasteiger partial charge on any atom is 0.226 e. The second kappa shape index (κ2) is 8.83. The molecule has 29 heavy (non-hydrogen) atoms. The summed E-state index contributed by atoms with van der Waals surface area (Å²) in [7, 11) is 1.63. The lowest BCUT2D eigenvalue weighted by Crippen LogP contribution is -2.46. The molecule has 8 nitrogen and oxygen atoms in total. The zero-order valence-electron chi connectivity index (χ0n) is 18.7. The average molecular weight is 409 g/mol. The predicted octanol–water partition coefficient (Wildman–Crippen LogP) is 1.74. The Labute approximate surface area is 173 Å². The highest BCUT2D eigenvalue weighted by atomic mass is 16.5. The number of carbonyl (C=O) groups excluding carboxylic acids is 2. The van der Waals surface area contributed by atoms with Gasteiger partial charge in [-0.15, -0.1) is 0 Å². The van der Waals surface area contributed by atoms with Gasteiger partial charge in [0.25, 0.3) is 0 Å². The van der Waals surface area contributed by atoms with E-state index in [1.807, 2.05) is 47.7 Å². The van der Waals surface area contributed by atoms with Crippen molar-refractivity contribution < 1.29 is 19.4 Å². The highest BCUT2D eigenvalue weighted by Crippen LogP contribution is 2.42. The molecule has 0 spiro atoms. The average Bonchev–Trinajstić information content (AvgIpc) is 3.20. The van der Waals surface area contributed by atoms with Crippen LogP contribution in [0.3, 0.4) is 0 Å². The van der Waals surface area contributed by atoms with Gasteiger partial charge in [0.15, 0.2) is 0 Å². The van der Waals surface area contributed by atoms with E-state index < -0.39 is 23.6 Å². The van der Waals surface area contributed by atoms with E-state index in [2.05, 4.69) is 10.4 Å². The van der Waals surface area contributed by atoms with Crippen molar-refractivity contribution in [3.05, 3.63) is 18.0 Å². The van der Waals surface area contributed by atoms with Crippen LogP contribution in [0.2, 0.25) is 0 Å². The quantitative estimate of drug-likeness (QED) is 0.716. The van der Waals surface area contributed by atoms with Crippen LogP contribution in [0.5, 0.6) is 0 Å². The van der Waals surface area contributed by atoms with Gasteiger partial charge in [-0.25, -0.2) is 0 Å². The molecule has 0 aliphatic carbocycles. The molecule has 2 heterocycles. The summed E-state index contributed by atoms with van der Waals surface area (Å²) >= 11 is 0. The number of likely N-dealkylation sites (tertiary alicyclic amines) is 1. The molecule has 164 valence electrons. The van der Waals surface area contributed by atoms with Crippen molar-refractivity contribution in [2.24, 2.45) is 11.3 Å². The number of nitrogens with one attached hydrogen (secondary N) is 1. The normalized spacial score (nSPS) is 21.5. The van der Waals surface area contributed by atoms with Gasteiger partial charge in [-0.05, 0) is 26.2 Å². The lowest BCUT2D eigenvalue weighted by atomic mass is 9.88. The van der Waals surface area contributed by atoms with Crippen molar-refractivity contribution in [1.29, 1.82) is 0 Å². The van der Waals surface area contributed by atoms with Gasteiger partial charge in [0.1, 0.15) is 0 Å². The van der Waals surface area contributed by atoms with Gasteiger partial charge < -0.3 is 20.1 Å². The number of hydrogen-bond acceptors (Lipinski definition) is 5. The summed E-state index contributed by atoms with van der Waals surface area (Å²) in [5, 5.41) is 17.5. The number of nitrogens with zero attached hydrogens (tertiary/aromatic N) is 3. The number of aliphatic hydroxyl groups is 1. The fraction of sp³-hybridized carbons (Fsp3) is 0.762. The molecule has 0 aromatic carbocycles. The van der Waals surface area contributed by atoms with Crippen LogP contribution >= 0.6 is 0 Å². The second-order valence-corrected chi connectivity index (χ2v) is 9.85. The first-order valence-electron chi connectivity index (χ1n) is 10.2. The summed E-state index contributed by atoms with van der Waals surface area (Å²) in [6.07, 6.45) is 3.08. The van der Waals surface area contributed by atoms with Crippen molar-refractivity contribution in [3.63, 3.8) is 0 Å². The SMILES string of the molecule is COCCn1cc(C2C(C(=O)NCC(O)C(C)(C)C)CC(=O)N2C(C)(C)C)cn1. The van der Waals surface area contributed by atoms with E-state index in [9.17, 15) is 14.7 Å². The molecule has 0 saturated carbocycles. The van der Waals surface area contributed by atoms with Crippen LogP contribution < -0.4 is 5.32 Å². The molecule has 1 aliphatic rings. The molecule has 1 aliphatic heterocycles. The maximum atomic E-state index is 13.0. The third-order valence-electron chi connectivity index (χ3n) is 5.37. The lowest BCUT2D eigenvalue weighted by Gasteiger charge is -2.38. The Kier molecular flexibility index (Phi) is 7.11. The minimum atomic E-state index is -0.669. The van der Waals surface area contributed by atoms with Crippen molar-refractivity contribution in [2.45, 2.75) is 72.2 Å². The molecule has 1 aromatic heterocycles. The molecule has 0 radical (unpaired) electrons. The molecule has 2 amide bonds. The van der Waals surface area contributed by atoms with Gasteiger partial charge in [-0.2, -0.15) is 5.10 Å². The first-order chi connectivity index (χ1) is 13.4. The topological polar surface area (TPSA) is 96.7 Å². The number of amides is 2. The minimum Gasteiger partial charge on any atom is -0.391 e. The molecule has 3 unspecified atom stereocenters. The number of aromatic nitrogens is 2. The number of carbonyl (C=O) groups is 2. The number of methoxy groups -OCH3 is 1. The molecule has 1 fully saturated rings. The van der Waals surface area contributed by atoms with E-state index >= 15 is 0 Å². The number of rotatable bonds is 7. The van der Waals surface area contributed by atoms with Crippen molar-refractivity contribution in [2.75, 3.05) is 20.3 Å². The van der Waals surface area contributed by atoms with Crippen LogP contribution in [0.4, 0.5) is 0 Å². The highest BCUT2D eigenvalue weighted by molar-refractivity contribution is 5.90. The molecule has 1 aromatic rings. The summed E-state index contributed by atoms with van der Waals surface area (Å²) in [5.41, 5.74) is 0.0624. The van der Waals surface area contributed by atoms with Crippen LogP contribution in [-0.4, -0.2) is 63.5 Å². The third-order valence-corrected chi connectivity index (χ3v) is 5.37. The van der Waals surface area contributed by atoms with Gasteiger partial charge >= 0.3 is 0 Å². The van der Waals surface area contributed by atoms with Crippen LogP contribution in [0, 0.1) is 11.3 Å². The fourth-order valence-corrected chi connectivity index (χ4v) is 3.62.